The van der Waals surface area contributed by atoms with Crippen molar-refractivity contribution in [3.05, 3.63) is 35.4 Å². The number of fused-ring (bicyclic) bond motifs is 1. The number of carbonyl (C=O) groups excluding carboxylic acids is 1. The molecule has 2 heterocycles. The molecule has 22 heavy (non-hydrogen) atoms. The van der Waals surface area contributed by atoms with Crippen LogP contribution in [-0.2, 0) is 16.0 Å². The Kier molecular flexibility index (Phi) is 6.24. The van der Waals surface area contributed by atoms with Crippen LogP contribution in [0.15, 0.2) is 24.3 Å². The Balaban J connectivity index is 0.00000176. The number of ether oxygens (including phenoxy) is 1. The van der Waals surface area contributed by atoms with E-state index in [0.29, 0.717) is 13.2 Å². The number of nitrogens with zero attached hydrogens (tertiary/aromatic N) is 1. The van der Waals surface area contributed by atoms with E-state index < -0.39 is 6.10 Å². The minimum atomic E-state index is -0.423. The molecule has 2 unspecified atom stereocenters. The SMILES string of the molecule is Cl.NCCC1CCCCN1C(=O)C1OCCc2ccccc21. The lowest BCUT2D eigenvalue weighted by Crippen LogP contribution is -2.47. The molecular weight excluding hydrogens is 300 g/mol. The molecule has 1 amide bonds. The van der Waals surface area contributed by atoms with Gasteiger partial charge >= 0.3 is 0 Å². The molecule has 2 aliphatic heterocycles. The molecule has 1 saturated heterocycles. The van der Waals surface area contributed by atoms with Crippen molar-refractivity contribution in [3.63, 3.8) is 0 Å². The molecule has 5 heteroatoms. The lowest BCUT2D eigenvalue weighted by molar-refractivity contribution is -0.149. The van der Waals surface area contributed by atoms with E-state index >= 15 is 0 Å². The van der Waals surface area contributed by atoms with Crippen molar-refractivity contribution in [2.45, 2.75) is 44.2 Å². The summed E-state index contributed by atoms with van der Waals surface area (Å²) in [4.78, 5) is 15.0. The lowest BCUT2D eigenvalue weighted by Gasteiger charge is -2.39. The second-order valence-corrected chi connectivity index (χ2v) is 5.96. The van der Waals surface area contributed by atoms with Crippen LogP contribution in [0.2, 0.25) is 0 Å². The number of rotatable bonds is 3. The number of amides is 1. The summed E-state index contributed by atoms with van der Waals surface area (Å²) in [6.07, 6.45) is 4.70. The van der Waals surface area contributed by atoms with Crippen LogP contribution in [0.3, 0.4) is 0 Å². The Morgan fingerprint density at radius 1 is 1.32 bits per heavy atom. The lowest BCUT2D eigenvalue weighted by atomic mass is 9.94. The number of halogens is 1. The summed E-state index contributed by atoms with van der Waals surface area (Å²) in [5, 5.41) is 0. The van der Waals surface area contributed by atoms with Crippen LogP contribution in [-0.4, -0.2) is 36.5 Å². The summed E-state index contributed by atoms with van der Waals surface area (Å²) in [6.45, 7) is 2.10. The van der Waals surface area contributed by atoms with E-state index in [1.165, 1.54) is 12.0 Å². The van der Waals surface area contributed by atoms with Crippen molar-refractivity contribution in [3.8, 4) is 0 Å². The normalized spacial score (nSPS) is 24.3. The van der Waals surface area contributed by atoms with Gasteiger partial charge in [-0.25, -0.2) is 0 Å². The third-order valence-corrected chi connectivity index (χ3v) is 4.63. The molecule has 4 nitrogen and oxygen atoms in total. The van der Waals surface area contributed by atoms with Gasteiger partial charge in [0.05, 0.1) is 6.61 Å². The topological polar surface area (TPSA) is 55.6 Å². The van der Waals surface area contributed by atoms with Gasteiger partial charge in [-0.15, -0.1) is 12.4 Å². The third kappa shape index (κ3) is 3.45. The van der Waals surface area contributed by atoms with Crippen LogP contribution < -0.4 is 5.73 Å². The second-order valence-electron chi connectivity index (χ2n) is 5.96. The molecule has 2 N–H and O–H groups in total. The quantitative estimate of drug-likeness (QED) is 0.929. The van der Waals surface area contributed by atoms with E-state index in [1.54, 1.807) is 0 Å². The first-order valence-electron chi connectivity index (χ1n) is 8.01. The predicted molar refractivity (Wildman–Crippen MR) is 89.1 cm³/mol. The highest BCUT2D eigenvalue weighted by Gasteiger charge is 2.34. The average molecular weight is 325 g/mol. The Hall–Kier alpha value is -1.10. The van der Waals surface area contributed by atoms with Crippen LogP contribution in [0, 0.1) is 0 Å². The number of carbonyl (C=O) groups is 1. The molecule has 1 aromatic rings. The molecule has 0 aliphatic carbocycles. The van der Waals surface area contributed by atoms with E-state index in [0.717, 1.165) is 37.8 Å². The molecule has 1 aromatic carbocycles. The number of nitrogens with two attached hydrogens (primary N) is 1. The zero-order valence-electron chi connectivity index (χ0n) is 12.9. The molecule has 1 fully saturated rings. The average Bonchev–Trinajstić information content (AvgIpc) is 2.54. The fourth-order valence-electron chi connectivity index (χ4n) is 3.53. The van der Waals surface area contributed by atoms with Gasteiger partial charge in [-0.2, -0.15) is 0 Å². The Morgan fingerprint density at radius 3 is 2.95 bits per heavy atom. The van der Waals surface area contributed by atoms with E-state index in [1.807, 2.05) is 23.1 Å². The Morgan fingerprint density at radius 2 is 2.14 bits per heavy atom. The highest BCUT2D eigenvalue weighted by molar-refractivity contribution is 5.85. The van der Waals surface area contributed by atoms with Gasteiger partial charge in [-0.05, 0) is 49.8 Å². The van der Waals surface area contributed by atoms with Crippen LogP contribution in [0.5, 0.6) is 0 Å². The van der Waals surface area contributed by atoms with Gasteiger partial charge in [0.2, 0.25) is 0 Å². The minimum Gasteiger partial charge on any atom is -0.363 e. The van der Waals surface area contributed by atoms with Crippen LogP contribution in [0.1, 0.15) is 42.9 Å². The van der Waals surface area contributed by atoms with Crippen LogP contribution >= 0.6 is 12.4 Å². The molecular formula is C17H25ClN2O2. The van der Waals surface area contributed by atoms with Gasteiger partial charge in [0, 0.05) is 12.6 Å². The Bertz CT molecular complexity index is 507. The second kappa shape index (κ2) is 7.95. The number of hydrogen-bond acceptors (Lipinski definition) is 3. The number of hydrogen-bond donors (Lipinski definition) is 1. The summed E-state index contributed by atoms with van der Waals surface area (Å²) in [7, 11) is 0. The van der Waals surface area contributed by atoms with Gasteiger partial charge in [-0.1, -0.05) is 24.3 Å². The van der Waals surface area contributed by atoms with E-state index in [2.05, 4.69) is 6.07 Å². The molecule has 2 aliphatic rings. The zero-order valence-corrected chi connectivity index (χ0v) is 13.7. The summed E-state index contributed by atoms with van der Waals surface area (Å²) < 4.78 is 5.82. The van der Waals surface area contributed by atoms with E-state index in [-0.39, 0.29) is 24.4 Å². The molecule has 3 rings (SSSR count). The predicted octanol–water partition coefficient (Wildman–Crippen LogP) is 2.45. The van der Waals surface area contributed by atoms with Crippen molar-refractivity contribution in [1.82, 2.24) is 4.90 Å². The van der Waals surface area contributed by atoms with Gasteiger partial charge in [0.25, 0.3) is 5.91 Å². The maximum Gasteiger partial charge on any atom is 0.256 e. The maximum absolute atomic E-state index is 13.0. The zero-order chi connectivity index (χ0) is 14.7. The molecule has 0 spiro atoms. The first-order valence-corrected chi connectivity index (χ1v) is 8.01. The molecule has 122 valence electrons. The van der Waals surface area contributed by atoms with Crippen molar-refractivity contribution in [1.29, 1.82) is 0 Å². The van der Waals surface area contributed by atoms with Crippen molar-refractivity contribution >= 4 is 18.3 Å². The van der Waals surface area contributed by atoms with E-state index in [4.69, 9.17) is 10.5 Å². The van der Waals surface area contributed by atoms with Gasteiger partial charge in [0.15, 0.2) is 6.10 Å². The highest BCUT2D eigenvalue weighted by Crippen LogP contribution is 2.31. The fraction of sp³-hybridized carbons (Fsp3) is 0.588. The summed E-state index contributed by atoms with van der Waals surface area (Å²) in [5.74, 6) is 0.125. The number of benzene rings is 1. The van der Waals surface area contributed by atoms with Gasteiger partial charge in [0.1, 0.15) is 0 Å². The molecule has 0 radical (unpaired) electrons. The first kappa shape index (κ1) is 17.3. The molecule has 0 bridgehead atoms. The van der Waals surface area contributed by atoms with E-state index in [9.17, 15) is 4.79 Å². The number of likely N-dealkylation sites (tertiary alicyclic amines) is 1. The summed E-state index contributed by atoms with van der Waals surface area (Å²) >= 11 is 0. The molecule has 0 aromatic heterocycles. The summed E-state index contributed by atoms with van der Waals surface area (Å²) in [6, 6.07) is 8.43. The highest BCUT2D eigenvalue weighted by atomic mass is 35.5. The van der Waals surface area contributed by atoms with Crippen molar-refractivity contribution in [2.75, 3.05) is 19.7 Å². The standard InChI is InChI=1S/C17H24N2O2.ClH/c18-10-8-14-6-3-4-11-19(14)17(20)16-15-7-2-1-5-13(15)9-12-21-16;/h1-2,5,7,14,16H,3-4,6,8-12,18H2;1H. The monoisotopic (exact) mass is 324 g/mol. The van der Waals surface area contributed by atoms with Crippen molar-refractivity contribution < 1.29 is 9.53 Å². The minimum absolute atomic E-state index is 0. The van der Waals surface area contributed by atoms with Gasteiger partial charge in [-0.3, -0.25) is 4.79 Å². The Labute approximate surface area is 138 Å². The largest absolute Gasteiger partial charge is 0.363 e. The van der Waals surface area contributed by atoms with Crippen LogP contribution in [0.25, 0.3) is 0 Å². The van der Waals surface area contributed by atoms with Crippen molar-refractivity contribution in [2.24, 2.45) is 5.73 Å². The maximum atomic E-state index is 13.0. The smallest absolute Gasteiger partial charge is 0.256 e. The van der Waals surface area contributed by atoms with Gasteiger partial charge < -0.3 is 15.4 Å². The van der Waals surface area contributed by atoms with Crippen LogP contribution in [0.4, 0.5) is 0 Å². The molecule has 2 atom stereocenters. The first-order chi connectivity index (χ1) is 10.3. The fourth-order valence-corrected chi connectivity index (χ4v) is 3.53. The number of piperidine rings is 1. The third-order valence-electron chi connectivity index (χ3n) is 4.63. The molecule has 0 saturated carbocycles. The summed E-state index contributed by atoms with van der Waals surface area (Å²) in [5.41, 5.74) is 8.00.